The van der Waals surface area contributed by atoms with Gasteiger partial charge >= 0.3 is 0 Å². The molecule has 0 aromatic heterocycles. The minimum atomic E-state index is 1.03. The minimum absolute atomic E-state index is 1.03. The Hall–Kier alpha value is -2.34. The maximum atomic E-state index is 2.30. The maximum absolute atomic E-state index is 2.30. The molecule has 0 unspecified atom stereocenters. The van der Waals surface area contributed by atoms with E-state index in [0.717, 1.165) is 12.8 Å². The van der Waals surface area contributed by atoms with Gasteiger partial charge in [-0.3, -0.25) is 0 Å². The Kier molecular flexibility index (Phi) is 6.62. The highest BCUT2D eigenvalue weighted by molar-refractivity contribution is 5.92. The van der Waals surface area contributed by atoms with Gasteiger partial charge in [-0.25, -0.2) is 0 Å². The number of hydrogen-bond acceptors (Lipinski definition) is 0. The highest BCUT2D eigenvalue weighted by atomic mass is 14.1. The van der Waals surface area contributed by atoms with E-state index in [9.17, 15) is 0 Å². The van der Waals surface area contributed by atoms with Crippen molar-refractivity contribution < 1.29 is 0 Å². The van der Waals surface area contributed by atoms with E-state index in [-0.39, 0.29) is 0 Å². The molecule has 2 aromatic rings. The molecule has 0 nitrogen and oxygen atoms in total. The Morgan fingerprint density at radius 3 is 2.17 bits per heavy atom. The molecule has 23 heavy (non-hydrogen) atoms. The fraction of sp³-hybridized carbons (Fsp3) is 0.217. The molecule has 0 aliphatic heterocycles. The molecule has 0 saturated heterocycles. The van der Waals surface area contributed by atoms with Crippen LogP contribution in [-0.4, -0.2) is 0 Å². The summed E-state index contributed by atoms with van der Waals surface area (Å²) in [6, 6.07) is 19.3. The van der Waals surface area contributed by atoms with Crippen molar-refractivity contribution in [1.29, 1.82) is 0 Å². The molecule has 0 atom stereocenters. The molecule has 0 aliphatic carbocycles. The molecule has 2 aromatic carbocycles. The van der Waals surface area contributed by atoms with Gasteiger partial charge < -0.3 is 0 Å². The molecular weight excluding hydrogens is 276 g/mol. The summed E-state index contributed by atoms with van der Waals surface area (Å²) in [5, 5.41) is 0. The fourth-order valence-electron chi connectivity index (χ4n) is 2.51. The number of benzene rings is 2. The third-order valence-electron chi connectivity index (χ3n) is 3.74. The Morgan fingerprint density at radius 1 is 0.870 bits per heavy atom. The van der Waals surface area contributed by atoms with Gasteiger partial charge in [0, 0.05) is 0 Å². The minimum Gasteiger partial charge on any atom is -0.0842 e. The van der Waals surface area contributed by atoms with Gasteiger partial charge in [0.25, 0.3) is 0 Å². The molecule has 0 N–H and O–H groups in total. The van der Waals surface area contributed by atoms with Crippen molar-refractivity contribution in [3.63, 3.8) is 0 Å². The van der Waals surface area contributed by atoms with Crippen molar-refractivity contribution in [2.45, 2.75) is 33.6 Å². The van der Waals surface area contributed by atoms with Crippen LogP contribution in [0.3, 0.4) is 0 Å². The second-order valence-electron chi connectivity index (χ2n) is 5.71. The van der Waals surface area contributed by atoms with Crippen molar-refractivity contribution in [2.24, 2.45) is 0 Å². The zero-order valence-electron chi connectivity index (χ0n) is 14.4. The smallest absolute Gasteiger partial charge is 0.0109 e. The zero-order valence-corrected chi connectivity index (χ0v) is 14.4. The van der Waals surface area contributed by atoms with Crippen LogP contribution in [0.4, 0.5) is 0 Å². The number of rotatable bonds is 6. The molecule has 2 rings (SSSR count). The van der Waals surface area contributed by atoms with E-state index < -0.39 is 0 Å². The Labute approximate surface area is 140 Å². The predicted octanol–water partition coefficient (Wildman–Crippen LogP) is 6.84. The van der Waals surface area contributed by atoms with Gasteiger partial charge in [0.15, 0.2) is 0 Å². The molecule has 0 aliphatic rings. The maximum Gasteiger partial charge on any atom is -0.0109 e. The zero-order chi connectivity index (χ0) is 16.5. The summed E-state index contributed by atoms with van der Waals surface area (Å²) in [5.41, 5.74) is 6.36. The van der Waals surface area contributed by atoms with E-state index in [1.807, 2.05) is 0 Å². The van der Waals surface area contributed by atoms with Gasteiger partial charge in [-0.15, -0.1) is 0 Å². The van der Waals surface area contributed by atoms with Crippen LogP contribution in [0.25, 0.3) is 11.6 Å². The molecule has 0 fully saturated rings. The van der Waals surface area contributed by atoms with Gasteiger partial charge in [0.2, 0.25) is 0 Å². The molecule has 0 saturated carbocycles. The van der Waals surface area contributed by atoms with E-state index in [1.54, 1.807) is 0 Å². The first-order chi connectivity index (χ1) is 11.2. The highest BCUT2D eigenvalue weighted by Gasteiger charge is 2.05. The van der Waals surface area contributed by atoms with Gasteiger partial charge in [-0.05, 0) is 48.1 Å². The molecule has 118 valence electrons. The van der Waals surface area contributed by atoms with Crippen LogP contribution in [0.2, 0.25) is 0 Å². The first-order valence-electron chi connectivity index (χ1n) is 8.45. The largest absolute Gasteiger partial charge is 0.0842 e. The quantitative estimate of drug-likeness (QED) is 0.405. The van der Waals surface area contributed by atoms with Crippen LogP contribution in [-0.2, 0) is 0 Å². The monoisotopic (exact) mass is 302 g/mol. The highest BCUT2D eigenvalue weighted by Crippen LogP contribution is 2.27. The van der Waals surface area contributed by atoms with Gasteiger partial charge in [-0.1, -0.05) is 92.2 Å². The SMILES string of the molecule is CC\C=C/C(=C\CC)C(=C/c1ccc(C)cc1)/c1ccccc1. The summed E-state index contributed by atoms with van der Waals surface area (Å²) in [4.78, 5) is 0. The molecule has 0 spiro atoms. The second kappa shape index (κ2) is 8.95. The molecule has 0 heterocycles. The van der Waals surface area contributed by atoms with Crippen molar-refractivity contribution in [3.8, 4) is 0 Å². The Balaban J connectivity index is 2.53. The lowest BCUT2D eigenvalue weighted by atomic mass is 9.94. The van der Waals surface area contributed by atoms with Crippen LogP contribution >= 0.6 is 0 Å². The van der Waals surface area contributed by atoms with E-state index in [1.165, 1.54) is 27.8 Å². The van der Waals surface area contributed by atoms with E-state index in [0.29, 0.717) is 0 Å². The lowest BCUT2D eigenvalue weighted by Gasteiger charge is -2.11. The van der Waals surface area contributed by atoms with Gasteiger partial charge in [-0.2, -0.15) is 0 Å². The summed E-state index contributed by atoms with van der Waals surface area (Å²) in [7, 11) is 0. The first-order valence-corrected chi connectivity index (χ1v) is 8.45. The normalized spacial score (nSPS) is 12.8. The fourth-order valence-corrected chi connectivity index (χ4v) is 2.51. The summed E-state index contributed by atoms with van der Waals surface area (Å²) >= 11 is 0. The van der Waals surface area contributed by atoms with E-state index in [2.05, 4.69) is 99.7 Å². The summed E-state index contributed by atoms with van der Waals surface area (Å²) in [6.07, 6.45) is 11.1. The van der Waals surface area contributed by atoms with Crippen molar-refractivity contribution in [1.82, 2.24) is 0 Å². The molecule has 0 heteroatoms. The third-order valence-corrected chi connectivity index (χ3v) is 3.74. The van der Waals surface area contributed by atoms with Crippen LogP contribution in [0.5, 0.6) is 0 Å². The van der Waals surface area contributed by atoms with Crippen molar-refractivity contribution in [3.05, 3.63) is 95.1 Å². The average molecular weight is 302 g/mol. The topological polar surface area (TPSA) is 0 Å². The Morgan fingerprint density at radius 2 is 1.57 bits per heavy atom. The molecule has 0 bridgehead atoms. The lowest BCUT2D eigenvalue weighted by Crippen LogP contribution is -1.89. The number of aryl methyl sites for hydroxylation is 1. The molecular formula is C23H26. The van der Waals surface area contributed by atoms with Gasteiger partial charge in [0.1, 0.15) is 0 Å². The van der Waals surface area contributed by atoms with Crippen LogP contribution in [0.15, 0.2) is 78.4 Å². The second-order valence-corrected chi connectivity index (χ2v) is 5.71. The van der Waals surface area contributed by atoms with Crippen LogP contribution in [0, 0.1) is 6.92 Å². The predicted molar refractivity (Wildman–Crippen MR) is 103 cm³/mol. The summed E-state index contributed by atoms with van der Waals surface area (Å²) < 4.78 is 0. The van der Waals surface area contributed by atoms with Crippen LogP contribution < -0.4 is 0 Å². The standard InChI is InChI=1S/C23H26/c1-4-6-11-21(10-5-2)23(22-12-8-7-9-13-22)18-20-16-14-19(3)15-17-20/h6-18H,4-5H2,1-3H3/b11-6-,21-10+,23-18-. The average Bonchev–Trinajstić information content (AvgIpc) is 2.59. The summed E-state index contributed by atoms with van der Waals surface area (Å²) in [5.74, 6) is 0. The summed E-state index contributed by atoms with van der Waals surface area (Å²) in [6.45, 7) is 6.48. The number of allylic oxidation sites excluding steroid dienone is 5. The van der Waals surface area contributed by atoms with Crippen LogP contribution in [0.1, 0.15) is 43.4 Å². The number of hydrogen-bond donors (Lipinski definition) is 0. The first kappa shape index (κ1) is 17.0. The third kappa shape index (κ3) is 5.10. The van der Waals surface area contributed by atoms with Crippen molar-refractivity contribution >= 4 is 11.6 Å². The van der Waals surface area contributed by atoms with E-state index >= 15 is 0 Å². The molecule has 0 amide bonds. The Bertz CT molecular complexity index is 683. The van der Waals surface area contributed by atoms with Crippen molar-refractivity contribution in [2.75, 3.05) is 0 Å². The lowest BCUT2D eigenvalue weighted by molar-refractivity contribution is 1.20. The van der Waals surface area contributed by atoms with Gasteiger partial charge in [0.05, 0.1) is 0 Å². The van der Waals surface area contributed by atoms with E-state index in [4.69, 9.17) is 0 Å². The molecule has 0 radical (unpaired) electrons.